The second kappa shape index (κ2) is 9.85. The molecule has 8 heteroatoms. The Bertz CT molecular complexity index is 1060. The highest BCUT2D eigenvalue weighted by atomic mass is 16.5. The molecule has 0 aliphatic carbocycles. The molecule has 8 nitrogen and oxygen atoms in total. The number of anilines is 2. The van der Waals surface area contributed by atoms with E-state index in [1.54, 1.807) is 31.8 Å². The van der Waals surface area contributed by atoms with E-state index in [4.69, 9.17) is 9.47 Å². The third-order valence-corrected chi connectivity index (χ3v) is 5.68. The van der Waals surface area contributed by atoms with Crippen molar-refractivity contribution in [2.45, 2.75) is 38.2 Å². The number of aromatic nitrogens is 3. The number of rotatable bonds is 7. The van der Waals surface area contributed by atoms with E-state index in [0.29, 0.717) is 18.2 Å². The fourth-order valence-corrected chi connectivity index (χ4v) is 3.98. The number of benzene rings is 1. The van der Waals surface area contributed by atoms with E-state index in [1.165, 1.54) is 0 Å². The van der Waals surface area contributed by atoms with Crippen molar-refractivity contribution in [1.29, 1.82) is 0 Å². The quantitative estimate of drug-likeness (QED) is 0.581. The minimum absolute atomic E-state index is 0.0254. The van der Waals surface area contributed by atoms with Gasteiger partial charge < -0.3 is 19.7 Å². The Balaban J connectivity index is 1.39. The minimum atomic E-state index is -0.979. The van der Waals surface area contributed by atoms with Crippen molar-refractivity contribution in [3.8, 4) is 11.5 Å². The van der Waals surface area contributed by atoms with E-state index >= 15 is 0 Å². The van der Waals surface area contributed by atoms with Gasteiger partial charge in [0, 0.05) is 37.1 Å². The Morgan fingerprint density at radius 2 is 1.79 bits per heavy atom. The summed E-state index contributed by atoms with van der Waals surface area (Å²) in [6.07, 6.45) is 7.07. The fourth-order valence-electron chi connectivity index (χ4n) is 3.98. The first-order valence-electron chi connectivity index (χ1n) is 11.1. The number of pyridine rings is 1. The van der Waals surface area contributed by atoms with Crippen molar-refractivity contribution in [2.24, 2.45) is 0 Å². The minimum Gasteiger partial charge on any atom is -0.497 e. The van der Waals surface area contributed by atoms with Gasteiger partial charge in [-0.1, -0.05) is 0 Å². The topological polar surface area (TPSA) is 89.5 Å². The average molecular weight is 448 g/mol. The Morgan fingerprint density at radius 3 is 2.45 bits per heavy atom. The van der Waals surface area contributed by atoms with E-state index < -0.39 is 5.60 Å². The number of piperidine rings is 1. The molecule has 0 bridgehead atoms. The van der Waals surface area contributed by atoms with Crippen LogP contribution in [0.5, 0.6) is 11.5 Å². The number of nitrogens with zero attached hydrogens (tertiary/aromatic N) is 4. The summed E-state index contributed by atoms with van der Waals surface area (Å²) in [5, 5.41) is 3.14. The van der Waals surface area contributed by atoms with Crippen LogP contribution in [0.3, 0.4) is 0 Å². The maximum atomic E-state index is 13.3. The van der Waals surface area contributed by atoms with Crippen LogP contribution >= 0.6 is 0 Å². The van der Waals surface area contributed by atoms with Gasteiger partial charge in [0.25, 0.3) is 5.91 Å². The zero-order chi connectivity index (χ0) is 23.3. The largest absolute Gasteiger partial charge is 0.497 e. The van der Waals surface area contributed by atoms with Crippen LogP contribution in [0.4, 0.5) is 11.6 Å². The maximum Gasteiger partial charge on any atom is 0.266 e. The molecule has 1 aliphatic heterocycles. The summed E-state index contributed by atoms with van der Waals surface area (Å²) < 4.78 is 11.2. The molecule has 2 aromatic heterocycles. The van der Waals surface area contributed by atoms with Gasteiger partial charge in [-0.05, 0) is 69.2 Å². The molecule has 0 spiro atoms. The van der Waals surface area contributed by atoms with Gasteiger partial charge in [-0.25, -0.2) is 9.97 Å². The Labute approximate surface area is 194 Å². The lowest BCUT2D eigenvalue weighted by Gasteiger charge is -2.37. The van der Waals surface area contributed by atoms with Crippen molar-refractivity contribution in [3.63, 3.8) is 0 Å². The summed E-state index contributed by atoms with van der Waals surface area (Å²) in [6, 6.07) is 13.0. The number of ether oxygens (including phenoxy) is 2. The monoisotopic (exact) mass is 447 g/mol. The van der Waals surface area contributed by atoms with Crippen LogP contribution in [0.1, 0.15) is 38.3 Å². The van der Waals surface area contributed by atoms with E-state index in [9.17, 15) is 4.79 Å². The summed E-state index contributed by atoms with van der Waals surface area (Å²) >= 11 is 0. The molecule has 0 saturated carbocycles. The first-order chi connectivity index (χ1) is 15.9. The highest BCUT2D eigenvalue weighted by Crippen LogP contribution is 2.29. The number of nitrogens with one attached hydrogen (secondary N) is 1. The summed E-state index contributed by atoms with van der Waals surface area (Å²) in [5.74, 6) is 2.06. The normalized spacial score (nSPS) is 16.2. The summed E-state index contributed by atoms with van der Waals surface area (Å²) in [4.78, 5) is 28.2. The molecule has 4 rings (SSSR count). The molecule has 1 amide bonds. The Kier molecular flexibility index (Phi) is 6.72. The molecule has 1 aromatic carbocycles. The number of carbonyl (C=O) groups excluding carboxylic acids is 1. The molecule has 33 heavy (non-hydrogen) atoms. The van der Waals surface area contributed by atoms with Gasteiger partial charge in [0.05, 0.1) is 19.0 Å². The van der Waals surface area contributed by atoms with Gasteiger partial charge in [-0.2, -0.15) is 0 Å². The van der Waals surface area contributed by atoms with Crippen molar-refractivity contribution < 1.29 is 14.3 Å². The lowest BCUT2D eigenvalue weighted by Crippen LogP contribution is -2.51. The third kappa shape index (κ3) is 5.58. The molecule has 1 atom stereocenters. The standard InChI is InChI=1S/C25H29N5O3/c1-25(2,33-21-10-8-20(32-3)9-11-21)23(31)30-15-4-6-18(17-30)22-12-7-19(16-28-22)29-24-26-13-5-14-27-24/h5,7-14,16,18H,4,6,15,17H2,1-3H3,(H,26,27,29)/t18-/m0/s1. The molecule has 3 aromatic rings. The van der Waals surface area contributed by atoms with E-state index in [2.05, 4.69) is 20.3 Å². The molecule has 1 fully saturated rings. The molecule has 0 radical (unpaired) electrons. The van der Waals surface area contributed by atoms with Crippen molar-refractivity contribution in [3.05, 3.63) is 66.7 Å². The lowest BCUT2D eigenvalue weighted by molar-refractivity contribution is -0.146. The SMILES string of the molecule is COc1ccc(OC(C)(C)C(=O)N2CCC[C@H](c3ccc(Nc4ncccn4)cn3)C2)cc1. The zero-order valence-corrected chi connectivity index (χ0v) is 19.2. The number of methoxy groups -OCH3 is 1. The predicted molar refractivity (Wildman–Crippen MR) is 126 cm³/mol. The zero-order valence-electron chi connectivity index (χ0n) is 19.2. The van der Waals surface area contributed by atoms with Crippen LogP contribution < -0.4 is 14.8 Å². The smallest absolute Gasteiger partial charge is 0.266 e. The van der Waals surface area contributed by atoms with E-state index in [-0.39, 0.29) is 11.8 Å². The van der Waals surface area contributed by atoms with Gasteiger partial charge in [-0.3, -0.25) is 9.78 Å². The van der Waals surface area contributed by atoms with Gasteiger partial charge >= 0.3 is 0 Å². The van der Waals surface area contributed by atoms with Crippen LogP contribution in [0.2, 0.25) is 0 Å². The maximum absolute atomic E-state index is 13.3. The van der Waals surface area contributed by atoms with Crippen LogP contribution in [0, 0.1) is 0 Å². The lowest BCUT2D eigenvalue weighted by atomic mass is 9.93. The Hall–Kier alpha value is -3.68. The number of hydrogen-bond donors (Lipinski definition) is 1. The molecule has 172 valence electrons. The summed E-state index contributed by atoms with van der Waals surface area (Å²) in [6.45, 7) is 4.96. The summed E-state index contributed by atoms with van der Waals surface area (Å²) in [7, 11) is 1.62. The third-order valence-electron chi connectivity index (χ3n) is 5.68. The highest BCUT2D eigenvalue weighted by molar-refractivity contribution is 5.85. The molecule has 1 saturated heterocycles. The van der Waals surface area contributed by atoms with Gasteiger partial charge in [-0.15, -0.1) is 0 Å². The van der Waals surface area contributed by atoms with Crippen LogP contribution in [0.25, 0.3) is 0 Å². The van der Waals surface area contributed by atoms with Crippen molar-refractivity contribution in [1.82, 2.24) is 19.9 Å². The second-order valence-corrected chi connectivity index (χ2v) is 8.55. The molecule has 0 unspecified atom stereocenters. The average Bonchev–Trinajstić information content (AvgIpc) is 2.85. The van der Waals surface area contributed by atoms with Crippen molar-refractivity contribution >= 4 is 17.5 Å². The molecular formula is C25H29N5O3. The highest BCUT2D eigenvalue weighted by Gasteiger charge is 2.37. The first kappa shape index (κ1) is 22.5. The Morgan fingerprint density at radius 1 is 1.06 bits per heavy atom. The second-order valence-electron chi connectivity index (χ2n) is 8.55. The van der Waals surface area contributed by atoms with E-state index in [1.807, 2.05) is 55.1 Å². The summed E-state index contributed by atoms with van der Waals surface area (Å²) in [5.41, 5.74) is 0.816. The van der Waals surface area contributed by atoms with Crippen LogP contribution in [-0.4, -0.2) is 51.6 Å². The number of likely N-dealkylation sites (tertiary alicyclic amines) is 1. The number of amides is 1. The molecule has 1 aliphatic rings. The van der Waals surface area contributed by atoms with Gasteiger partial charge in [0.1, 0.15) is 11.5 Å². The van der Waals surface area contributed by atoms with E-state index in [0.717, 1.165) is 36.5 Å². The molecule has 3 heterocycles. The van der Waals surface area contributed by atoms with Crippen LogP contribution in [-0.2, 0) is 4.79 Å². The van der Waals surface area contributed by atoms with Gasteiger partial charge in [0.2, 0.25) is 5.95 Å². The predicted octanol–water partition coefficient (Wildman–Crippen LogP) is 4.19. The number of carbonyl (C=O) groups is 1. The van der Waals surface area contributed by atoms with Crippen LogP contribution in [0.15, 0.2) is 61.1 Å². The first-order valence-corrected chi connectivity index (χ1v) is 11.1. The molecule has 1 N–H and O–H groups in total. The fraction of sp³-hybridized carbons (Fsp3) is 0.360. The number of hydrogen-bond acceptors (Lipinski definition) is 7. The van der Waals surface area contributed by atoms with Gasteiger partial charge in [0.15, 0.2) is 5.60 Å². The van der Waals surface area contributed by atoms with Crippen molar-refractivity contribution in [2.75, 3.05) is 25.5 Å². The molecular weight excluding hydrogens is 418 g/mol.